The lowest BCUT2D eigenvalue weighted by molar-refractivity contribution is 0.516. The average molecular weight is 237 g/mol. The number of hydrogen-bond donors (Lipinski definition) is 1. The molecule has 1 fully saturated rings. The predicted molar refractivity (Wildman–Crippen MR) is 69.0 cm³/mol. The van der Waals surface area contributed by atoms with Crippen LogP contribution in [0.1, 0.15) is 24.1 Å². The minimum absolute atomic E-state index is 0.256. The Morgan fingerprint density at radius 1 is 1.31 bits per heavy atom. The average Bonchev–Trinajstić information content (AvgIpc) is 2.40. The van der Waals surface area contributed by atoms with E-state index in [0.29, 0.717) is 5.92 Å². The summed E-state index contributed by atoms with van der Waals surface area (Å²) in [5, 5.41) is 3.53. The molecule has 2 rings (SSSR count). The predicted octanol–water partition coefficient (Wildman–Crippen LogP) is 2.02. The standard InChI is InChI=1S/C13H19NOS/c1-10-7-14-13(9-16(15)8-10)12-6-4-3-5-11(12)2/h3-6,10,13-14H,7-9H2,1-2H3. The number of hydrogen-bond acceptors (Lipinski definition) is 2. The largest absolute Gasteiger partial charge is 0.309 e. The summed E-state index contributed by atoms with van der Waals surface area (Å²) in [5.41, 5.74) is 2.58. The molecule has 1 saturated heterocycles. The molecule has 0 aliphatic carbocycles. The van der Waals surface area contributed by atoms with Gasteiger partial charge in [0.25, 0.3) is 0 Å². The van der Waals surface area contributed by atoms with Crippen molar-refractivity contribution >= 4 is 10.8 Å². The van der Waals surface area contributed by atoms with Crippen molar-refractivity contribution in [2.45, 2.75) is 19.9 Å². The molecule has 0 saturated carbocycles. The Kier molecular flexibility index (Phi) is 3.77. The number of nitrogens with one attached hydrogen (secondary N) is 1. The fourth-order valence-electron chi connectivity index (χ4n) is 2.21. The van der Waals surface area contributed by atoms with E-state index in [4.69, 9.17) is 0 Å². The molecule has 1 heterocycles. The van der Waals surface area contributed by atoms with Gasteiger partial charge in [-0.1, -0.05) is 31.2 Å². The van der Waals surface area contributed by atoms with Gasteiger partial charge in [0.1, 0.15) is 0 Å². The van der Waals surface area contributed by atoms with Crippen LogP contribution in [0.2, 0.25) is 0 Å². The molecule has 2 nitrogen and oxygen atoms in total. The molecule has 0 aromatic heterocycles. The summed E-state index contributed by atoms with van der Waals surface area (Å²) in [5.74, 6) is 2.08. The van der Waals surface area contributed by atoms with Gasteiger partial charge in [-0.05, 0) is 30.5 Å². The summed E-state index contributed by atoms with van der Waals surface area (Å²) in [6, 6.07) is 8.62. The molecule has 3 heteroatoms. The van der Waals surface area contributed by atoms with Gasteiger partial charge in [-0.25, -0.2) is 0 Å². The van der Waals surface area contributed by atoms with Crippen molar-refractivity contribution in [3.05, 3.63) is 35.4 Å². The van der Waals surface area contributed by atoms with Crippen LogP contribution >= 0.6 is 0 Å². The summed E-state index contributed by atoms with van der Waals surface area (Å²) >= 11 is 0. The van der Waals surface area contributed by atoms with Crippen molar-refractivity contribution in [1.82, 2.24) is 5.32 Å². The summed E-state index contributed by atoms with van der Waals surface area (Å²) in [6.07, 6.45) is 0. The van der Waals surface area contributed by atoms with Crippen LogP contribution in [0.3, 0.4) is 0 Å². The Morgan fingerprint density at radius 2 is 2.06 bits per heavy atom. The van der Waals surface area contributed by atoms with E-state index in [2.05, 4.69) is 43.4 Å². The first-order valence-corrected chi connectivity index (χ1v) is 7.29. The van der Waals surface area contributed by atoms with E-state index in [-0.39, 0.29) is 6.04 Å². The molecule has 0 spiro atoms. The highest BCUT2D eigenvalue weighted by atomic mass is 32.2. The molecule has 0 radical (unpaired) electrons. The highest BCUT2D eigenvalue weighted by Gasteiger charge is 2.22. The molecular formula is C13H19NOS. The van der Waals surface area contributed by atoms with Crippen molar-refractivity contribution in [2.24, 2.45) is 5.92 Å². The van der Waals surface area contributed by atoms with Crippen molar-refractivity contribution in [1.29, 1.82) is 0 Å². The molecule has 16 heavy (non-hydrogen) atoms. The fourth-order valence-corrected chi connectivity index (χ4v) is 3.77. The zero-order valence-corrected chi connectivity index (χ0v) is 10.7. The van der Waals surface area contributed by atoms with Gasteiger partial charge in [0.15, 0.2) is 0 Å². The van der Waals surface area contributed by atoms with Crippen molar-refractivity contribution in [2.75, 3.05) is 18.1 Å². The molecule has 0 bridgehead atoms. The Bertz CT molecular complexity index is 391. The van der Waals surface area contributed by atoms with Gasteiger partial charge in [-0.2, -0.15) is 0 Å². The van der Waals surface area contributed by atoms with Crippen LogP contribution in [0.5, 0.6) is 0 Å². The zero-order chi connectivity index (χ0) is 11.5. The summed E-state index contributed by atoms with van der Waals surface area (Å²) in [7, 11) is -0.689. The second-order valence-corrected chi connectivity index (χ2v) is 6.24. The third-order valence-electron chi connectivity index (χ3n) is 3.10. The number of rotatable bonds is 1. The summed E-state index contributed by atoms with van der Waals surface area (Å²) < 4.78 is 11.9. The van der Waals surface area contributed by atoms with Crippen LogP contribution in [0.4, 0.5) is 0 Å². The molecule has 1 aromatic carbocycles. The SMILES string of the molecule is Cc1ccccc1C1CS(=O)CC(C)CN1. The third-order valence-corrected chi connectivity index (χ3v) is 4.75. The maximum atomic E-state index is 11.9. The van der Waals surface area contributed by atoms with E-state index in [1.807, 2.05) is 0 Å². The van der Waals surface area contributed by atoms with Crippen molar-refractivity contribution in [3.8, 4) is 0 Å². The van der Waals surface area contributed by atoms with Gasteiger partial charge in [0.2, 0.25) is 0 Å². The monoisotopic (exact) mass is 237 g/mol. The molecule has 1 N–H and O–H groups in total. The van der Waals surface area contributed by atoms with Crippen LogP contribution in [0, 0.1) is 12.8 Å². The van der Waals surface area contributed by atoms with Crippen molar-refractivity contribution < 1.29 is 4.21 Å². The van der Waals surface area contributed by atoms with E-state index in [9.17, 15) is 4.21 Å². The molecule has 1 aliphatic heterocycles. The molecule has 1 aromatic rings. The first-order chi connectivity index (χ1) is 7.66. The molecule has 3 atom stereocenters. The Labute approximate surface area is 99.9 Å². The van der Waals surface area contributed by atoms with Crippen LogP contribution in [0.25, 0.3) is 0 Å². The fraction of sp³-hybridized carbons (Fsp3) is 0.538. The minimum Gasteiger partial charge on any atom is -0.309 e. The molecule has 3 unspecified atom stereocenters. The van der Waals surface area contributed by atoms with Gasteiger partial charge in [-0.3, -0.25) is 4.21 Å². The first kappa shape index (κ1) is 11.8. The lowest BCUT2D eigenvalue weighted by Crippen LogP contribution is -2.26. The molecule has 88 valence electrons. The summed E-state index contributed by atoms with van der Waals surface area (Å²) in [6.45, 7) is 5.24. The second-order valence-electron chi connectivity index (χ2n) is 4.70. The maximum absolute atomic E-state index is 11.9. The van der Waals surface area contributed by atoms with Gasteiger partial charge in [0, 0.05) is 28.3 Å². The lowest BCUT2D eigenvalue weighted by Gasteiger charge is -2.18. The van der Waals surface area contributed by atoms with E-state index in [1.165, 1.54) is 11.1 Å². The van der Waals surface area contributed by atoms with Crippen LogP contribution < -0.4 is 5.32 Å². The number of benzene rings is 1. The van der Waals surface area contributed by atoms with E-state index < -0.39 is 10.8 Å². The van der Waals surface area contributed by atoms with Gasteiger partial charge in [0.05, 0.1) is 0 Å². The van der Waals surface area contributed by atoms with Gasteiger partial charge < -0.3 is 5.32 Å². The lowest BCUT2D eigenvalue weighted by atomic mass is 10.0. The highest BCUT2D eigenvalue weighted by Crippen LogP contribution is 2.21. The highest BCUT2D eigenvalue weighted by molar-refractivity contribution is 7.85. The summed E-state index contributed by atoms with van der Waals surface area (Å²) in [4.78, 5) is 0. The first-order valence-electron chi connectivity index (χ1n) is 5.80. The smallest absolute Gasteiger partial charge is 0.0439 e. The molecular weight excluding hydrogens is 218 g/mol. The van der Waals surface area contributed by atoms with E-state index in [0.717, 1.165) is 18.1 Å². The van der Waals surface area contributed by atoms with Gasteiger partial charge in [-0.15, -0.1) is 0 Å². The van der Waals surface area contributed by atoms with E-state index in [1.54, 1.807) is 0 Å². The van der Waals surface area contributed by atoms with Crippen molar-refractivity contribution in [3.63, 3.8) is 0 Å². The molecule has 0 amide bonds. The number of aryl methyl sites for hydroxylation is 1. The third kappa shape index (κ3) is 2.71. The van der Waals surface area contributed by atoms with Crippen LogP contribution in [-0.2, 0) is 10.8 Å². The Morgan fingerprint density at radius 3 is 2.81 bits per heavy atom. The van der Waals surface area contributed by atoms with Gasteiger partial charge >= 0.3 is 0 Å². The van der Waals surface area contributed by atoms with Crippen LogP contribution in [0.15, 0.2) is 24.3 Å². The second kappa shape index (κ2) is 5.11. The Hall–Kier alpha value is -0.670. The quantitative estimate of drug-likeness (QED) is 0.809. The maximum Gasteiger partial charge on any atom is 0.0439 e. The van der Waals surface area contributed by atoms with E-state index >= 15 is 0 Å². The molecule has 1 aliphatic rings. The normalized spacial score (nSPS) is 31.0. The topological polar surface area (TPSA) is 29.1 Å². The Balaban J connectivity index is 2.21. The van der Waals surface area contributed by atoms with Crippen LogP contribution in [-0.4, -0.2) is 22.3 Å². The minimum atomic E-state index is -0.689. The zero-order valence-electron chi connectivity index (χ0n) is 9.90.